The summed E-state index contributed by atoms with van der Waals surface area (Å²) in [7, 11) is -0.392. The first-order valence-corrected chi connectivity index (χ1v) is 14.9. The van der Waals surface area contributed by atoms with Crippen molar-refractivity contribution in [1.29, 1.82) is 0 Å². The summed E-state index contributed by atoms with van der Waals surface area (Å²) in [6.45, 7) is 7.08. The Morgan fingerprint density at radius 3 is 1.81 bits per heavy atom. The van der Waals surface area contributed by atoms with Crippen molar-refractivity contribution in [1.82, 2.24) is 0 Å². The molecule has 2 rings (SSSR count). The van der Waals surface area contributed by atoms with Crippen LogP contribution in [0.1, 0.15) is 104 Å². The SMILES string of the molecule is CCCCCCCCC=CCCCCCCCCOP1OCCO1.COP1OCC(C)O1. The zero-order valence-corrected chi connectivity index (χ0v) is 22.6. The average Bonchev–Trinajstić information content (AvgIpc) is 3.48. The second kappa shape index (κ2) is 23.1. The summed E-state index contributed by atoms with van der Waals surface area (Å²) in [5.41, 5.74) is 0. The van der Waals surface area contributed by atoms with E-state index in [9.17, 15) is 0 Å². The van der Waals surface area contributed by atoms with Crippen molar-refractivity contribution in [3.05, 3.63) is 12.2 Å². The van der Waals surface area contributed by atoms with Crippen molar-refractivity contribution in [3.8, 4) is 0 Å². The Bertz CT molecular complexity index is 421. The fourth-order valence-corrected chi connectivity index (χ4v) is 5.18. The van der Waals surface area contributed by atoms with Crippen LogP contribution in [0, 0.1) is 0 Å². The topological polar surface area (TPSA) is 55.4 Å². The van der Waals surface area contributed by atoms with Crippen LogP contribution in [0.4, 0.5) is 0 Å². The Morgan fingerprint density at radius 1 is 0.750 bits per heavy atom. The molecule has 190 valence electrons. The largest absolute Gasteiger partial charge is 0.332 e. The van der Waals surface area contributed by atoms with Crippen molar-refractivity contribution in [3.63, 3.8) is 0 Å². The molecule has 2 saturated heterocycles. The van der Waals surface area contributed by atoms with Gasteiger partial charge in [0.1, 0.15) is 0 Å². The van der Waals surface area contributed by atoms with Crippen LogP contribution >= 0.6 is 17.2 Å². The van der Waals surface area contributed by atoms with Crippen molar-refractivity contribution >= 4 is 17.2 Å². The van der Waals surface area contributed by atoms with Crippen LogP contribution in [-0.4, -0.2) is 39.6 Å². The predicted molar refractivity (Wildman–Crippen MR) is 135 cm³/mol. The fourth-order valence-electron chi connectivity index (χ4n) is 3.29. The van der Waals surface area contributed by atoms with Gasteiger partial charge in [0.05, 0.1) is 32.5 Å². The van der Waals surface area contributed by atoms with Crippen LogP contribution in [0.5, 0.6) is 0 Å². The number of hydrogen-bond acceptors (Lipinski definition) is 6. The number of allylic oxidation sites excluding steroid dienone is 2. The molecule has 0 bridgehead atoms. The summed E-state index contributed by atoms with van der Waals surface area (Å²) in [6, 6.07) is 0. The second-order valence-corrected chi connectivity index (χ2v) is 10.8. The highest BCUT2D eigenvalue weighted by Crippen LogP contribution is 2.45. The predicted octanol–water partition coefficient (Wildman–Crippen LogP) is 8.61. The van der Waals surface area contributed by atoms with Gasteiger partial charge < -0.3 is 27.1 Å². The van der Waals surface area contributed by atoms with Crippen LogP contribution in [0.3, 0.4) is 0 Å². The Morgan fingerprint density at radius 2 is 1.31 bits per heavy atom. The van der Waals surface area contributed by atoms with E-state index in [2.05, 4.69) is 19.1 Å². The number of rotatable bonds is 18. The van der Waals surface area contributed by atoms with Gasteiger partial charge in [0.2, 0.25) is 0 Å². The third kappa shape index (κ3) is 18.7. The van der Waals surface area contributed by atoms with E-state index in [4.69, 9.17) is 27.1 Å². The second-order valence-electron chi connectivity index (χ2n) is 8.28. The van der Waals surface area contributed by atoms with Gasteiger partial charge in [-0.25, -0.2) is 0 Å². The molecule has 0 aromatic heterocycles. The van der Waals surface area contributed by atoms with Gasteiger partial charge in [-0.05, 0) is 39.0 Å². The van der Waals surface area contributed by atoms with Crippen molar-refractivity contribution in [2.45, 2.75) is 110 Å². The normalized spacial score (nSPS) is 21.3. The maximum absolute atomic E-state index is 5.53. The van der Waals surface area contributed by atoms with Gasteiger partial charge in [0, 0.05) is 7.11 Å². The van der Waals surface area contributed by atoms with Gasteiger partial charge in [0.15, 0.2) is 0 Å². The van der Waals surface area contributed by atoms with E-state index in [-0.39, 0.29) is 6.10 Å². The van der Waals surface area contributed by atoms with Gasteiger partial charge >= 0.3 is 17.2 Å². The molecule has 2 heterocycles. The molecule has 0 aromatic rings. The molecule has 0 N–H and O–H groups in total. The highest BCUT2D eigenvalue weighted by Gasteiger charge is 2.23. The monoisotopic (exact) mass is 494 g/mol. The van der Waals surface area contributed by atoms with Crippen molar-refractivity contribution in [2.75, 3.05) is 33.5 Å². The van der Waals surface area contributed by atoms with Crippen LogP contribution < -0.4 is 0 Å². The third-order valence-corrected chi connectivity index (χ3v) is 7.53. The third-order valence-electron chi connectivity index (χ3n) is 5.16. The first-order chi connectivity index (χ1) is 15.8. The molecule has 6 nitrogen and oxygen atoms in total. The minimum atomic E-state index is -0.996. The molecule has 0 amide bonds. The van der Waals surface area contributed by atoms with Crippen molar-refractivity contribution < 1.29 is 27.1 Å². The lowest BCUT2D eigenvalue weighted by molar-refractivity contribution is 0.241. The highest BCUT2D eigenvalue weighted by atomic mass is 31.2. The molecule has 2 atom stereocenters. The van der Waals surface area contributed by atoms with E-state index in [1.54, 1.807) is 7.11 Å². The maximum atomic E-state index is 5.53. The van der Waals surface area contributed by atoms with E-state index in [1.807, 2.05) is 6.92 Å². The molecule has 0 radical (unpaired) electrons. The van der Waals surface area contributed by atoms with E-state index in [0.29, 0.717) is 19.8 Å². The van der Waals surface area contributed by atoms with Crippen LogP contribution in [-0.2, 0) is 27.1 Å². The first kappa shape index (κ1) is 30.4. The molecule has 0 aromatic carbocycles. The lowest BCUT2D eigenvalue weighted by Gasteiger charge is -2.07. The van der Waals surface area contributed by atoms with Crippen LogP contribution in [0.15, 0.2) is 12.2 Å². The smallest absolute Gasteiger partial charge is 0.316 e. The Labute approximate surface area is 200 Å². The summed E-state index contributed by atoms with van der Waals surface area (Å²) < 4.78 is 31.1. The molecule has 8 heteroatoms. The first-order valence-electron chi connectivity index (χ1n) is 12.7. The Hall–Kier alpha value is 0.360. The molecule has 0 saturated carbocycles. The van der Waals surface area contributed by atoms with Crippen molar-refractivity contribution in [2.24, 2.45) is 0 Å². The Balaban J connectivity index is 0.000000533. The van der Waals surface area contributed by atoms with Gasteiger partial charge in [-0.3, -0.25) is 0 Å². The van der Waals surface area contributed by atoms with Crippen LogP contribution in [0.2, 0.25) is 0 Å². The number of unbranched alkanes of at least 4 members (excludes halogenated alkanes) is 12. The molecule has 2 aliphatic heterocycles. The van der Waals surface area contributed by atoms with E-state index in [0.717, 1.165) is 13.0 Å². The summed E-state index contributed by atoms with van der Waals surface area (Å²) in [6.07, 6.45) is 23.7. The standard InChI is InChI=1S/C20H39O3P.C4H9O3P/c1-2-3-4-5-6-7-8-9-10-11-12-13-14-15-16-17-18-21-24-22-19-20-23-24;1-4-3-6-8(5-2)7-4/h9-10H,2-8,11-20H2,1H3;4H,3H2,1-2H3. The highest BCUT2D eigenvalue weighted by molar-refractivity contribution is 7.42. The minimum Gasteiger partial charge on any atom is -0.316 e. The molecule has 2 unspecified atom stereocenters. The van der Waals surface area contributed by atoms with E-state index in [1.165, 1.54) is 83.5 Å². The molecule has 2 aliphatic rings. The summed E-state index contributed by atoms with van der Waals surface area (Å²) in [4.78, 5) is 0. The molecule has 0 aliphatic carbocycles. The molecule has 0 spiro atoms. The minimum absolute atomic E-state index is 0.209. The fraction of sp³-hybridized carbons (Fsp3) is 0.917. The average molecular weight is 495 g/mol. The van der Waals surface area contributed by atoms with Gasteiger partial charge in [0.25, 0.3) is 0 Å². The summed E-state index contributed by atoms with van der Waals surface area (Å²) in [5.74, 6) is 0. The maximum Gasteiger partial charge on any atom is 0.332 e. The lowest BCUT2D eigenvalue weighted by atomic mass is 10.1. The molecule has 2 fully saturated rings. The van der Waals surface area contributed by atoms with Gasteiger partial charge in [-0.2, -0.15) is 0 Å². The zero-order valence-electron chi connectivity index (χ0n) is 20.8. The lowest BCUT2D eigenvalue weighted by Crippen LogP contribution is -1.99. The summed E-state index contributed by atoms with van der Waals surface area (Å²) in [5, 5.41) is 0. The van der Waals surface area contributed by atoms with Gasteiger partial charge in [-0.15, -0.1) is 0 Å². The Kier molecular flexibility index (Phi) is 22.0. The molecule has 32 heavy (non-hydrogen) atoms. The van der Waals surface area contributed by atoms with E-state index >= 15 is 0 Å². The van der Waals surface area contributed by atoms with Crippen LogP contribution in [0.25, 0.3) is 0 Å². The molecular formula is C24H48O6P2. The molecular weight excluding hydrogens is 446 g/mol. The van der Waals surface area contributed by atoms with Gasteiger partial charge in [-0.1, -0.05) is 76.9 Å². The van der Waals surface area contributed by atoms with E-state index < -0.39 is 17.2 Å². The number of hydrogen-bond donors (Lipinski definition) is 0. The quantitative estimate of drug-likeness (QED) is 0.108. The summed E-state index contributed by atoms with van der Waals surface area (Å²) >= 11 is 0. The zero-order chi connectivity index (χ0) is 23.1.